The summed E-state index contributed by atoms with van der Waals surface area (Å²) in [7, 11) is 1.62. The number of carbonyl (C=O) groups excluding carboxylic acids is 1. The molecule has 5 aromatic rings. The molecular formula is C22H17N5O3. The summed E-state index contributed by atoms with van der Waals surface area (Å²) in [6.45, 7) is 0.595. The molecule has 3 heterocycles. The molecular weight excluding hydrogens is 382 g/mol. The first-order chi connectivity index (χ1) is 14.7. The van der Waals surface area contributed by atoms with E-state index in [1.54, 1.807) is 19.2 Å². The van der Waals surface area contributed by atoms with Gasteiger partial charge in [-0.1, -0.05) is 30.3 Å². The van der Waals surface area contributed by atoms with Crippen molar-refractivity contribution in [2.24, 2.45) is 0 Å². The molecule has 0 atom stereocenters. The van der Waals surface area contributed by atoms with Gasteiger partial charge in [-0.15, -0.1) is 10.2 Å². The third-order valence-corrected chi connectivity index (χ3v) is 4.83. The van der Waals surface area contributed by atoms with E-state index in [1.807, 2.05) is 36.4 Å². The molecule has 1 N–H and O–H groups in total. The van der Waals surface area contributed by atoms with Gasteiger partial charge in [0.05, 0.1) is 18.9 Å². The number of anilines is 1. The third-order valence-electron chi connectivity index (χ3n) is 4.83. The molecule has 3 aromatic heterocycles. The summed E-state index contributed by atoms with van der Waals surface area (Å²) in [4.78, 5) is 16.9. The largest absolute Gasteiger partial charge is 0.497 e. The molecule has 2 aromatic carbocycles. The number of nitrogens with one attached hydrogen (secondary N) is 1. The number of furan rings is 1. The second kappa shape index (κ2) is 7.32. The molecule has 0 fully saturated rings. The Morgan fingerprint density at radius 1 is 1.10 bits per heavy atom. The Morgan fingerprint density at radius 2 is 1.97 bits per heavy atom. The maximum atomic E-state index is 12.3. The first kappa shape index (κ1) is 17.9. The lowest BCUT2D eigenvalue weighted by atomic mass is 10.2. The summed E-state index contributed by atoms with van der Waals surface area (Å²) in [5, 5.41) is 12.0. The number of benzene rings is 2. The normalized spacial score (nSPS) is 11.1. The molecule has 0 bridgehead atoms. The van der Waals surface area contributed by atoms with Crippen molar-refractivity contribution in [2.45, 2.75) is 6.54 Å². The maximum Gasteiger partial charge on any atom is 0.293 e. The minimum absolute atomic E-state index is 0.105. The number of ether oxygens (including phenoxy) is 1. The second-order valence-corrected chi connectivity index (χ2v) is 6.69. The summed E-state index contributed by atoms with van der Waals surface area (Å²) in [5.74, 6) is 0.563. The van der Waals surface area contributed by atoms with Gasteiger partial charge in [0.25, 0.3) is 11.9 Å². The van der Waals surface area contributed by atoms with Crippen molar-refractivity contribution in [1.29, 1.82) is 0 Å². The molecule has 0 saturated carbocycles. The van der Waals surface area contributed by atoms with Gasteiger partial charge in [0, 0.05) is 11.9 Å². The first-order valence-corrected chi connectivity index (χ1v) is 9.32. The van der Waals surface area contributed by atoms with Crippen molar-refractivity contribution >= 4 is 33.9 Å². The van der Waals surface area contributed by atoms with Gasteiger partial charge in [0.2, 0.25) is 0 Å². The Labute approximate surface area is 171 Å². The van der Waals surface area contributed by atoms with Gasteiger partial charge in [0.1, 0.15) is 11.3 Å². The highest BCUT2D eigenvalue weighted by Gasteiger charge is 2.18. The predicted octanol–water partition coefficient (Wildman–Crippen LogP) is 3.88. The molecule has 8 heteroatoms. The molecule has 148 valence electrons. The van der Waals surface area contributed by atoms with Crippen LogP contribution in [0.15, 0.2) is 71.3 Å². The third kappa shape index (κ3) is 3.14. The van der Waals surface area contributed by atoms with Crippen LogP contribution >= 0.6 is 0 Å². The van der Waals surface area contributed by atoms with Crippen LogP contribution in [0.5, 0.6) is 5.75 Å². The summed E-state index contributed by atoms with van der Waals surface area (Å²) in [6.07, 6.45) is 1.43. The summed E-state index contributed by atoms with van der Waals surface area (Å²) >= 11 is 0. The number of hydrogen-bond acceptors (Lipinski definition) is 6. The van der Waals surface area contributed by atoms with Gasteiger partial charge >= 0.3 is 0 Å². The zero-order valence-electron chi connectivity index (χ0n) is 16.1. The van der Waals surface area contributed by atoms with Crippen molar-refractivity contribution in [3.63, 3.8) is 0 Å². The summed E-state index contributed by atoms with van der Waals surface area (Å²) in [6, 6.07) is 19.1. The molecule has 0 spiro atoms. The molecule has 0 aliphatic heterocycles. The minimum Gasteiger partial charge on any atom is -0.497 e. The molecule has 1 amide bonds. The van der Waals surface area contributed by atoms with E-state index in [4.69, 9.17) is 9.15 Å². The predicted molar refractivity (Wildman–Crippen MR) is 112 cm³/mol. The van der Waals surface area contributed by atoms with E-state index in [9.17, 15) is 4.79 Å². The number of fused-ring (bicyclic) bond motifs is 3. The SMILES string of the molecule is COc1ccc2c(c1)c1nnc(NC(=O)c3ccco3)nc1n2Cc1ccccc1. The van der Waals surface area contributed by atoms with Gasteiger partial charge in [-0.3, -0.25) is 10.1 Å². The molecule has 0 radical (unpaired) electrons. The number of rotatable bonds is 5. The maximum absolute atomic E-state index is 12.3. The van der Waals surface area contributed by atoms with Crippen LogP contribution in [0.2, 0.25) is 0 Å². The van der Waals surface area contributed by atoms with Crippen LogP contribution in [0.25, 0.3) is 22.1 Å². The van der Waals surface area contributed by atoms with E-state index in [0.717, 1.165) is 22.2 Å². The van der Waals surface area contributed by atoms with Crippen molar-refractivity contribution in [1.82, 2.24) is 19.7 Å². The lowest BCUT2D eigenvalue weighted by Gasteiger charge is -2.08. The second-order valence-electron chi connectivity index (χ2n) is 6.69. The average molecular weight is 399 g/mol. The summed E-state index contributed by atoms with van der Waals surface area (Å²) < 4.78 is 12.5. The van der Waals surface area contributed by atoms with E-state index in [1.165, 1.54) is 6.26 Å². The fourth-order valence-electron chi connectivity index (χ4n) is 3.41. The van der Waals surface area contributed by atoms with E-state index in [-0.39, 0.29) is 11.7 Å². The molecule has 30 heavy (non-hydrogen) atoms. The fourth-order valence-corrected chi connectivity index (χ4v) is 3.41. The molecule has 0 aliphatic rings. The summed E-state index contributed by atoms with van der Waals surface area (Å²) in [5.41, 5.74) is 3.32. The van der Waals surface area contributed by atoms with Gasteiger partial charge in [-0.05, 0) is 35.9 Å². The van der Waals surface area contributed by atoms with Gasteiger partial charge in [-0.2, -0.15) is 4.98 Å². The Hall–Kier alpha value is -4.20. The Bertz CT molecular complexity index is 1340. The van der Waals surface area contributed by atoms with Crippen molar-refractivity contribution in [2.75, 3.05) is 12.4 Å². The highest BCUT2D eigenvalue weighted by Crippen LogP contribution is 2.30. The molecule has 0 unspecified atom stereocenters. The Balaban J connectivity index is 1.64. The minimum atomic E-state index is -0.437. The van der Waals surface area contributed by atoms with E-state index < -0.39 is 5.91 Å². The van der Waals surface area contributed by atoms with Gasteiger partial charge in [-0.25, -0.2) is 0 Å². The lowest BCUT2D eigenvalue weighted by Crippen LogP contribution is -2.14. The smallest absolute Gasteiger partial charge is 0.293 e. The monoisotopic (exact) mass is 399 g/mol. The number of nitrogens with zero attached hydrogens (tertiary/aromatic N) is 4. The number of aromatic nitrogens is 4. The van der Waals surface area contributed by atoms with Gasteiger partial charge in [0.15, 0.2) is 11.4 Å². The lowest BCUT2D eigenvalue weighted by molar-refractivity contribution is 0.0995. The zero-order chi connectivity index (χ0) is 20.5. The number of methoxy groups -OCH3 is 1. The zero-order valence-corrected chi connectivity index (χ0v) is 16.1. The molecule has 8 nitrogen and oxygen atoms in total. The van der Waals surface area contributed by atoms with E-state index >= 15 is 0 Å². The quantitative estimate of drug-likeness (QED) is 0.482. The van der Waals surface area contributed by atoms with Gasteiger partial charge < -0.3 is 13.7 Å². The Kier molecular flexibility index (Phi) is 4.36. The van der Waals surface area contributed by atoms with Crippen molar-refractivity contribution in [3.05, 3.63) is 78.3 Å². The highest BCUT2D eigenvalue weighted by molar-refractivity contribution is 6.06. The fraction of sp³-hybridized carbons (Fsp3) is 0.0909. The van der Waals surface area contributed by atoms with Crippen LogP contribution in [0, 0.1) is 0 Å². The van der Waals surface area contributed by atoms with E-state index in [2.05, 4.69) is 37.2 Å². The average Bonchev–Trinajstić information content (AvgIpc) is 3.42. The highest BCUT2D eigenvalue weighted by atomic mass is 16.5. The van der Waals surface area contributed by atoms with Crippen LogP contribution in [-0.2, 0) is 6.54 Å². The van der Waals surface area contributed by atoms with Crippen LogP contribution in [0.4, 0.5) is 5.95 Å². The van der Waals surface area contributed by atoms with Crippen molar-refractivity contribution in [3.8, 4) is 5.75 Å². The van der Waals surface area contributed by atoms with Crippen LogP contribution in [0.3, 0.4) is 0 Å². The number of hydrogen-bond donors (Lipinski definition) is 1. The molecule has 0 aliphatic carbocycles. The van der Waals surface area contributed by atoms with Crippen LogP contribution < -0.4 is 10.1 Å². The van der Waals surface area contributed by atoms with Crippen LogP contribution in [0.1, 0.15) is 16.1 Å². The standard InChI is InChI=1S/C22H17N5O3/c1-29-15-9-10-17-16(12-15)19-20(27(17)13-14-6-3-2-4-7-14)23-22(26-25-19)24-21(28)18-8-5-11-30-18/h2-12H,13H2,1H3,(H,23,24,26,28). The van der Waals surface area contributed by atoms with Crippen LogP contribution in [-0.4, -0.2) is 32.8 Å². The Morgan fingerprint density at radius 3 is 2.73 bits per heavy atom. The number of amides is 1. The topological polar surface area (TPSA) is 95.1 Å². The first-order valence-electron chi connectivity index (χ1n) is 9.32. The number of carbonyl (C=O) groups is 1. The molecule has 0 saturated heterocycles. The van der Waals surface area contributed by atoms with Crippen molar-refractivity contribution < 1.29 is 13.9 Å². The molecule has 5 rings (SSSR count). The van der Waals surface area contributed by atoms with E-state index in [0.29, 0.717) is 17.7 Å².